The summed E-state index contributed by atoms with van der Waals surface area (Å²) in [5.74, 6) is -0.597. The first-order valence-electron chi connectivity index (χ1n) is 10.6. The van der Waals surface area contributed by atoms with Crippen molar-refractivity contribution in [1.82, 2.24) is 9.97 Å². The van der Waals surface area contributed by atoms with Gasteiger partial charge in [0.1, 0.15) is 10.0 Å². The van der Waals surface area contributed by atoms with E-state index >= 15 is 0 Å². The molecular formula is C25H21BrCl4N2O4S2. The summed E-state index contributed by atoms with van der Waals surface area (Å²) in [7, 11) is 2.74. The Labute approximate surface area is 257 Å². The molecule has 6 nitrogen and oxygen atoms in total. The first-order valence-corrected chi connectivity index (χ1v) is 14.8. The predicted octanol–water partition coefficient (Wildman–Crippen LogP) is 8.50. The Morgan fingerprint density at radius 2 is 1.32 bits per heavy atom. The number of carbonyl (C=O) groups is 2. The van der Waals surface area contributed by atoms with Gasteiger partial charge in [-0.2, -0.15) is 0 Å². The molecule has 0 aliphatic rings. The minimum atomic E-state index is -1.61. The van der Waals surface area contributed by atoms with Gasteiger partial charge in [0.2, 0.25) is 0 Å². The number of nitrogens with zero attached hydrogens (tertiary/aromatic N) is 2. The van der Waals surface area contributed by atoms with Gasteiger partial charge >= 0.3 is 11.9 Å². The number of alkyl halides is 5. The molecule has 13 heteroatoms. The number of rotatable bonds is 6. The largest absolute Gasteiger partial charge is 0.469 e. The van der Waals surface area contributed by atoms with Crippen molar-refractivity contribution in [1.29, 1.82) is 0 Å². The fraction of sp³-hybridized carbons (Fsp3) is 0.200. The summed E-state index contributed by atoms with van der Waals surface area (Å²) >= 11 is 25.6. The minimum Gasteiger partial charge on any atom is -0.469 e. The molecule has 4 aromatic rings. The van der Waals surface area contributed by atoms with Crippen molar-refractivity contribution in [3.63, 3.8) is 0 Å². The number of aromatic nitrogens is 2. The Balaban J connectivity index is 0.000000228. The van der Waals surface area contributed by atoms with Crippen molar-refractivity contribution in [3.05, 3.63) is 82.8 Å². The highest BCUT2D eigenvalue weighted by atomic mass is 79.9. The number of benzene rings is 2. The van der Waals surface area contributed by atoms with Crippen LogP contribution >= 0.6 is 85.0 Å². The zero-order valence-electron chi connectivity index (χ0n) is 19.9. The first-order chi connectivity index (χ1) is 18.0. The van der Waals surface area contributed by atoms with E-state index in [0.29, 0.717) is 5.69 Å². The van der Waals surface area contributed by atoms with Crippen molar-refractivity contribution < 1.29 is 19.1 Å². The third kappa shape index (κ3) is 12.0. The fourth-order valence-corrected chi connectivity index (χ4v) is 4.94. The second-order valence-corrected chi connectivity index (χ2v) is 13.1. The number of esters is 2. The molecule has 1 atom stereocenters. The van der Waals surface area contributed by atoms with Crippen LogP contribution in [0.5, 0.6) is 0 Å². The Hall–Kier alpha value is -1.72. The topological polar surface area (TPSA) is 78.4 Å². The van der Waals surface area contributed by atoms with Crippen LogP contribution in [0, 0.1) is 0 Å². The second-order valence-electron chi connectivity index (χ2n) is 7.02. The lowest BCUT2D eigenvalue weighted by Gasteiger charge is -2.03. The molecule has 2 aromatic carbocycles. The Bertz CT molecular complexity index is 1280. The van der Waals surface area contributed by atoms with Crippen LogP contribution in [-0.2, 0) is 25.5 Å². The number of halogens is 5. The lowest BCUT2D eigenvalue weighted by atomic mass is 10.2. The molecule has 38 heavy (non-hydrogen) atoms. The summed E-state index contributed by atoms with van der Waals surface area (Å²) in [4.78, 5) is 30.7. The second kappa shape index (κ2) is 16.4. The van der Waals surface area contributed by atoms with E-state index in [0.717, 1.165) is 26.8 Å². The molecule has 0 saturated carbocycles. The van der Waals surface area contributed by atoms with Crippen LogP contribution in [0.25, 0.3) is 21.1 Å². The smallest absolute Gasteiger partial charge is 0.325 e. The van der Waals surface area contributed by atoms with Gasteiger partial charge in [0.25, 0.3) is 3.25 Å². The SMILES string of the molecule is COC(=O)C(Br)c1csc(-c2ccccc2)n1.COC(=O)Cc1csc(-c2ccccc2)n1.ClC(Cl)(Cl)Cl. The molecule has 2 heterocycles. The van der Waals surface area contributed by atoms with Crippen LogP contribution in [-0.4, -0.2) is 39.4 Å². The summed E-state index contributed by atoms with van der Waals surface area (Å²) < 4.78 is 7.64. The summed E-state index contributed by atoms with van der Waals surface area (Å²) in [6, 6.07) is 19.8. The molecule has 0 radical (unpaired) electrons. The predicted molar refractivity (Wildman–Crippen MR) is 161 cm³/mol. The molecule has 202 valence electrons. The third-order valence-corrected chi connectivity index (χ3v) is 7.03. The van der Waals surface area contributed by atoms with E-state index in [9.17, 15) is 9.59 Å². The Kier molecular flexibility index (Phi) is 14.0. The van der Waals surface area contributed by atoms with Gasteiger partial charge in [-0.3, -0.25) is 9.59 Å². The molecule has 0 aliphatic carbocycles. The number of methoxy groups -OCH3 is 2. The average molecular weight is 699 g/mol. The highest BCUT2D eigenvalue weighted by molar-refractivity contribution is 9.09. The van der Waals surface area contributed by atoms with Gasteiger partial charge in [-0.05, 0) is 0 Å². The lowest BCUT2D eigenvalue weighted by molar-refractivity contribution is -0.140. The van der Waals surface area contributed by atoms with Gasteiger partial charge in [-0.15, -0.1) is 22.7 Å². The van der Waals surface area contributed by atoms with Crippen molar-refractivity contribution in [2.24, 2.45) is 0 Å². The molecule has 0 spiro atoms. The van der Waals surface area contributed by atoms with Crippen LogP contribution < -0.4 is 0 Å². The van der Waals surface area contributed by atoms with Crippen molar-refractivity contribution in [2.75, 3.05) is 14.2 Å². The monoisotopic (exact) mass is 696 g/mol. The highest BCUT2D eigenvalue weighted by Crippen LogP contribution is 2.31. The molecule has 0 N–H and O–H groups in total. The van der Waals surface area contributed by atoms with E-state index in [2.05, 4.69) is 35.4 Å². The summed E-state index contributed by atoms with van der Waals surface area (Å²) in [6.45, 7) is 0. The van der Waals surface area contributed by atoms with Gasteiger partial charge in [-0.25, -0.2) is 9.97 Å². The first kappa shape index (κ1) is 32.5. The molecule has 4 rings (SSSR count). The zero-order valence-corrected chi connectivity index (χ0v) is 26.2. The van der Waals surface area contributed by atoms with Crippen LogP contribution in [0.1, 0.15) is 16.2 Å². The highest BCUT2D eigenvalue weighted by Gasteiger charge is 2.21. The molecule has 0 bridgehead atoms. The Morgan fingerprint density at radius 1 is 0.842 bits per heavy atom. The molecule has 0 aliphatic heterocycles. The molecular weight excluding hydrogens is 678 g/mol. The molecule has 0 amide bonds. The van der Waals surface area contributed by atoms with Gasteiger partial charge in [-0.1, -0.05) is 123 Å². The summed E-state index contributed by atoms with van der Waals surface area (Å²) in [5, 5.41) is 5.58. The van der Waals surface area contributed by atoms with Gasteiger partial charge in [0, 0.05) is 21.9 Å². The molecule has 0 saturated heterocycles. The standard InChI is InChI=1S/C12H10BrNO2S.C12H11NO2S.CCl4/c1-16-12(15)10(13)9-7-17-11(14-9)8-5-3-2-4-6-8;1-15-11(14)7-10-8-16-12(13-10)9-5-3-2-4-6-9;2-1(3,4)5/h2-7,10H,1H3;2-6,8H,7H2,1H3;. The lowest BCUT2D eigenvalue weighted by Crippen LogP contribution is -2.08. The van der Waals surface area contributed by atoms with E-state index in [4.69, 9.17) is 46.4 Å². The normalized spacial score (nSPS) is 11.2. The van der Waals surface area contributed by atoms with Crippen LogP contribution in [0.3, 0.4) is 0 Å². The third-order valence-electron chi connectivity index (χ3n) is 4.34. The molecule has 0 fully saturated rings. The van der Waals surface area contributed by atoms with Gasteiger partial charge in [0.05, 0.1) is 32.0 Å². The fourth-order valence-electron chi connectivity index (χ4n) is 2.66. The number of ether oxygens (including phenoxy) is 2. The minimum absolute atomic E-state index is 0.236. The van der Waals surface area contributed by atoms with Crippen LogP contribution in [0.4, 0.5) is 0 Å². The maximum Gasteiger partial charge on any atom is 0.325 e. The van der Waals surface area contributed by atoms with Crippen LogP contribution in [0.2, 0.25) is 0 Å². The van der Waals surface area contributed by atoms with E-state index in [1.54, 1.807) is 0 Å². The number of hydrogen-bond donors (Lipinski definition) is 0. The quantitative estimate of drug-likeness (QED) is 0.149. The van der Waals surface area contributed by atoms with E-state index in [1.807, 2.05) is 71.4 Å². The summed E-state index contributed by atoms with van der Waals surface area (Å²) in [5.41, 5.74) is 3.56. The van der Waals surface area contributed by atoms with Gasteiger partial charge in [0.15, 0.2) is 4.83 Å². The number of hydrogen-bond acceptors (Lipinski definition) is 8. The van der Waals surface area contributed by atoms with E-state index in [-0.39, 0.29) is 18.4 Å². The van der Waals surface area contributed by atoms with Crippen LogP contribution in [0.15, 0.2) is 71.4 Å². The van der Waals surface area contributed by atoms with Crippen molar-refractivity contribution in [2.45, 2.75) is 14.5 Å². The summed E-state index contributed by atoms with van der Waals surface area (Å²) in [6.07, 6.45) is 0.236. The maximum atomic E-state index is 11.4. The van der Waals surface area contributed by atoms with E-state index in [1.165, 1.54) is 36.9 Å². The number of carbonyl (C=O) groups excluding carboxylic acids is 2. The van der Waals surface area contributed by atoms with Gasteiger partial charge < -0.3 is 9.47 Å². The average Bonchev–Trinajstić information content (AvgIpc) is 3.58. The molecule has 2 aromatic heterocycles. The maximum absolute atomic E-state index is 11.4. The van der Waals surface area contributed by atoms with E-state index < -0.39 is 8.08 Å². The Morgan fingerprint density at radius 3 is 1.79 bits per heavy atom. The van der Waals surface area contributed by atoms with Crippen molar-refractivity contribution in [3.8, 4) is 21.1 Å². The zero-order chi connectivity index (χ0) is 28.1. The molecule has 1 unspecified atom stereocenters. The number of thiazole rings is 2. The van der Waals surface area contributed by atoms with Crippen molar-refractivity contribution >= 4 is 96.9 Å².